The van der Waals surface area contributed by atoms with Crippen molar-refractivity contribution in [3.63, 3.8) is 0 Å². The fraction of sp³-hybridized carbons (Fsp3) is 0.500. The van der Waals surface area contributed by atoms with E-state index in [1.54, 1.807) is 0 Å². The van der Waals surface area contributed by atoms with E-state index in [1.165, 1.54) is 37.9 Å². The van der Waals surface area contributed by atoms with Crippen molar-refractivity contribution in [1.82, 2.24) is 19.9 Å². The van der Waals surface area contributed by atoms with Crippen LogP contribution in [-0.4, -0.2) is 46.0 Å². The third kappa shape index (κ3) is 3.20. The first kappa shape index (κ1) is 14.6. The fourth-order valence-electron chi connectivity index (χ4n) is 4.08. The van der Waals surface area contributed by atoms with Gasteiger partial charge in [-0.25, -0.2) is 9.97 Å². The van der Waals surface area contributed by atoms with Crippen LogP contribution in [0.25, 0.3) is 0 Å². The van der Waals surface area contributed by atoms with Crippen molar-refractivity contribution < 1.29 is 0 Å². The van der Waals surface area contributed by atoms with Gasteiger partial charge in [0.2, 0.25) is 5.95 Å². The van der Waals surface area contributed by atoms with Crippen LogP contribution in [-0.2, 0) is 6.54 Å². The van der Waals surface area contributed by atoms with Gasteiger partial charge in [-0.1, -0.05) is 6.07 Å². The van der Waals surface area contributed by atoms with Crippen LogP contribution < -0.4 is 4.90 Å². The van der Waals surface area contributed by atoms with Crippen LogP contribution in [0.5, 0.6) is 0 Å². The van der Waals surface area contributed by atoms with Crippen molar-refractivity contribution in [2.45, 2.75) is 25.8 Å². The van der Waals surface area contributed by atoms with Crippen molar-refractivity contribution >= 4 is 5.95 Å². The van der Waals surface area contributed by atoms with Gasteiger partial charge in [-0.15, -0.1) is 0 Å². The number of hydrogen-bond acceptors (Lipinski definition) is 5. The van der Waals surface area contributed by atoms with Crippen molar-refractivity contribution in [2.24, 2.45) is 5.41 Å². The molecule has 0 amide bonds. The van der Waals surface area contributed by atoms with Gasteiger partial charge >= 0.3 is 0 Å². The van der Waals surface area contributed by atoms with Crippen LogP contribution in [0.4, 0.5) is 5.95 Å². The van der Waals surface area contributed by atoms with Gasteiger partial charge in [0.1, 0.15) is 0 Å². The molecule has 2 aliphatic heterocycles. The van der Waals surface area contributed by atoms with Gasteiger partial charge in [0.15, 0.2) is 0 Å². The molecule has 0 N–H and O–H groups in total. The number of nitrogens with zero attached hydrogens (tertiary/aromatic N) is 5. The number of rotatable bonds is 3. The van der Waals surface area contributed by atoms with E-state index in [-0.39, 0.29) is 0 Å². The molecule has 120 valence electrons. The van der Waals surface area contributed by atoms with Gasteiger partial charge in [-0.3, -0.25) is 9.88 Å². The summed E-state index contributed by atoms with van der Waals surface area (Å²) in [4.78, 5) is 18.1. The molecule has 2 fully saturated rings. The highest BCUT2D eigenvalue weighted by molar-refractivity contribution is 5.30. The van der Waals surface area contributed by atoms with Crippen LogP contribution in [0.1, 0.15) is 24.8 Å². The average Bonchev–Trinajstić information content (AvgIpc) is 2.98. The van der Waals surface area contributed by atoms with E-state index in [9.17, 15) is 0 Å². The average molecular weight is 309 g/mol. The van der Waals surface area contributed by atoms with Crippen LogP contribution in [0.15, 0.2) is 43.0 Å². The van der Waals surface area contributed by atoms with Crippen LogP contribution >= 0.6 is 0 Å². The number of pyridine rings is 1. The molecule has 0 radical (unpaired) electrons. The maximum Gasteiger partial charge on any atom is 0.225 e. The third-order valence-corrected chi connectivity index (χ3v) is 5.14. The molecule has 2 aliphatic rings. The van der Waals surface area contributed by atoms with Gasteiger partial charge in [0.25, 0.3) is 0 Å². The monoisotopic (exact) mass is 309 g/mol. The Morgan fingerprint density at radius 3 is 2.74 bits per heavy atom. The Balaban J connectivity index is 1.43. The molecule has 0 bridgehead atoms. The van der Waals surface area contributed by atoms with Gasteiger partial charge in [-0.2, -0.15) is 0 Å². The van der Waals surface area contributed by atoms with E-state index in [0.29, 0.717) is 5.41 Å². The summed E-state index contributed by atoms with van der Waals surface area (Å²) in [5.74, 6) is 0.886. The molecular weight excluding hydrogens is 286 g/mol. The Kier molecular flexibility index (Phi) is 3.95. The molecule has 0 aromatic carbocycles. The van der Waals surface area contributed by atoms with E-state index < -0.39 is 0 Å². The first-order valence-corrected chi connectivity index (χ1v) is 8.46. The zero-order valence-electron chi connectivity index (χ0n) is 13.4. The summed E-state index contributed by atoms with van der Waals surface area (Å²) in [6.07, 6.45) is 11.3. The molecule has 0 aliphatic carbocycles. The molecule has 23 heavy (non-hydrogen) atoms. The Labute approximate surface area is 137 Å². The maximum atomic E-state index is 4.44. The van der Waals surface area contributed by atoms with E-state index in [0.717, 1.165) is 25.6 Å². The molecule has 2 saturated heterocycles. The van der Waals surface area contributed by atoms with Crippen molar-refractivity contribution in [1.29, 1.82) is 0 Å². The predicted octanol–water partition coefficient (Wildman–Crippen LogP) is 2.36. The molecular formula is C18H23N5. The molecule has 0 unspecified atom stereocenters. The standard InChI is InChI=1S/C18H23N5/c1-4-16(12-19-7-1)13-22-11-6-18(14-22)5-2-10-23(15-18)17-20-8-3-9-21-17/h1,3-4,7-9,12H,2,5-6,10-11,13-15H2/t18-/m1/s1. The number of aromatic nitrogens is 3. The number of piperidine rings is 1. The molecule has 2 aromatic rings. The predicted molar refractivity (Wildman–Crippen MR) is 90.0 cm³/mol. The highest BCUT2D eigenvalue weighted by Gasteiger charge is 2.41. The quantitative estimate of drug-likeness (QED) is 0.871. The minimum Gasteiger partial charge on any atom is -0.340 e. The normalized spacial score (nSPS) is 25.1. The zero-order valence-corrected chi connectivity index (χ0v) is 13.4. The Morgan fingerprint density at radius 2 is 1.91 bits per heavy atom. The second-order valence-corrected chi connectivity index (χ2v) is 6.90. The fourth-order valence-corrected chi connectivity index (χ4v) is 4.08. The molecule has 5 heteroatoms. The number of likely N-dealkylation sites (tertiary alicyclic amines) is 1. The van der Waals surface area contributed by atoms with Gasteiger partial charge in [0.05, 0.1) is 0 Å². The lowest BCUT2D eigenvalue weighted by molar-refractivity contribution is 0.215. The molecule has 1 atom stereocenters. The van der Waals surface area contributed by atoms with Crippen LogP contribution in [0, 0.1) is 5.41 Å². The van der Waals surface area contributed by atoms with Gasteiger partial charge < -0.3 is 4.90 Å². The van der Waals surface area contributed by atoms with Crippen molar-refractivity contribution in [2.75, 3.05) is 31.1 Å². The highest BCUT2D eigenvalue weighted by Crippen LogP contribution is 2.40. The lowest BCUT2D eigenvalue weighted by atomic mass is 9.79. The molecule has 1 spiro atoms. The SMILES string of the molecule is c1cnc(N2CCC[C@]3(CCN(Cc4cccnc4)C3)C2)nc1. The highest BCUT2D eigenvalue weighted by atomic mass is 15.3. The third-order valence-electron chi connectivity index (χ3n) is 5.14. The second kappa shape index (κ2) is 6.24. The minimum atomic E-state index is 0.402. The first-order chi connectivity index (χ1) is 11.3. The van der Waals surface area contributed by atoms with E-state index in [1.807, 2.05) is 36.9 Å². The second-order valence-electron chi connectivity index (χ2n) is 6.90. The molecule has 5 nitrogen and oxygen atoms in total. The van der Waals surface area contributed by atoms with Crippen LogP contribution in [0.3, 0.4) is 0 Å². The topological polar surface area (TPSA) is 45.2 Å². The maximum absolute atomic E-state index is 4.44. The zero-order chi connectivity index (χ0) is 15.5. The van der Waals surface area contributed by atoms with Crippen molar-refractivity contribution in [3.05, 3.63) is 48.5 Å². The summed E-state index contributed by atoms with van der Waals surface area (Å²) >= 11 is 0. The lowest BCUT2D eigenvalue weighted by Gasteiger charge is -2.40. The Bertz CT molecular complexity index is 632. The van der Waals surface area contributed by atoms with Gasteiger partial charge in [-0.05, 0) is 43.5 Å². The summed E-state index contributed by atoms with van der Waals surface area (Å²) in [7, 11) is 0. The molecule has 4 rings (SSSR count). The number of hydrogen-bond donors (Lipinski definition) is 0. The Hall–Kier alpha value is -2.01. The first-order valence-electron chi connectivity index (χ1n) is 8.46. The summed E-state index contributed by atoms with van der Waals surface area (Å²) < 4.78 is 0. The van der Waals surface area contributed by atoms with Crippen molar-refractivity contribution in [3.8, 4) is 0 Å². The largest absolute Gasteiger partial charge is 0.340 e. The summed E-state index contributed by atoms with van der Waals surface area (Å²) in [6, 6.07) is 6.08. The van der Waals surface area contributed by atoms with E-state index in [2.05, 4.69) is 30.8 Å². The van der Waals surface area contributed by atoms with E-state index >= 15 is 0 Å². The number of anilines is 1. The van der Waals surface area contributed by atoms with Crippen LogP contribution in [0.2, 0.25) is 0 Å². The minimum absolute atomic E-state index is 0.402. The Morgan fingerprint density at radius 1 is 1.00 bits per heavy atom. The smallest absolute Gasteiger partial charge is 0.225 e. The summed E-state index contributed by atoms with van der Waals surface area (Å²) in [5.41, 5.74) is 1.71. The lowest BCUT2D eigenvalue weighted by Crippen LogP contribution is -2.45. The van der Waals surface area contributed by atoms with E-state index in [4.69, 9.17) is 0 Å². The summed E-state index contributed by atoms with van der Waals surface area (Å²) in [6.45, 7) is 5.52. The molecule has 4 heterocycles. The molecule has 2 aromatic heterocycles. The van der Waals surface area contributed by atoms with Gasteiger partial charge in [0, 0.05) is 56.4 Å². The summed E-state index contributed by atoms with van der Waals surface area (Å²) in [5, 5.41) is 0. The molecule has 0 saturated carbocycles.